The summed E-state index contributed by atoms with van der Waals surface area (Å²) in [5.41, 5.74) is 0.0404. The molecular weight excluding hydrogens is 302 g/mol. The molecule has 0 bridgehead atoms. The van der Waals surface area contributed by atoms with E-state index in [1.807, 2.05) is 0 Å². The van der Waals surface area contributed by atoms with Crippen molar-refractivity contribution < 1.29 is 29.0 Å². The van der Waals surface area contributed by atoms with Crippen LogP contribution in [0.25, 0.3) is 0 Å². The first-order valence-electron chi connectivity index (χ1n) is 7.02. The van der Waals surface area contributed by atoms with Gasteiger partial charge in [0.2, 0.25) is 0 Å². The van der Waals surface area contributed by atoms with E-state index in [0.717, 1.165) is 0 Å². The zero-order chi connectivity index (χ0) is 17.6. The monoisotopic (exact) mass is 323 g/mol. The highest BCUT2D eigenvalue weighted by Gasteiger charge is 2.23. The quantitative estimate of drug-likeness (QED) is 0.807. The maximum Gasteiger partial charge on any atom is 0.408 e. The van der Waals surface area contributed by atoms with Gasteiger partial charge in [-0.15, -0.1) is 0 Å². The Bertz CT molecular complexity index is 590. The first-order valence-corrected chi connectivity index (χ1v) is 7.02. The van der Waals surface area contributed by atoms with E-state index < -0.39 is 29.7 Å². The van der Waals surface area contributed by atoms with Gasteiger partial charge >= 0.3 is 18.0 Å². The minimum Gasteiger partial charge on any atom is -0.481 e. The molecule has 0 fully saturated rings. The number of nitrogens with one attached hydrogen (secondary N) is 1. The predicted molar refractivity (Wildman–Crippen MR) is 82.1 cm³/mol. The minimum atomic E-state index is -1.09. The van der Waals surface area contributed by atoms with Gasteiger partial charge in [0.25, 0.3) is 0 Å². The zero-order valence-electron chi connectivity index (χ0n) is 13.6. The maximum atomic E-state index is 11.9. The summed E-state index contributed by atoms with van der Waals surface area (Å²) in [6.45, 7) is 5.12. The number of hydrogen-bond acceptors (Lipinski definition) is 5. The maximum absolute atomic E-state index is 11.9. The van der Waals surface area contributed by atoms with Gasteiger partial charge in [0.1, 0.15) is 5.60 Å². The summed E-state index contributed by atoms with van der Waals surface area (Å²) in [6.07, 6.45) is -1.07. The molecule has 0 saturated carbocycles. The Balaban J connectivity index is 3.00. The summed E-state index contributed by atoms with van der Waals surface area (Å²) in [5.74, 6) is -1.63. The SMILES string of the molecule is COC(=O)c1cccc(C(CC(=O)O)NC(=O)OC(C)(C)C)c1. The number of alkyl carbamates (subject to hydrolysis) is 1. The van der Waals surface area contributed by atoms with E-state index in [4.69, 9.17) is 9.84 Å². The number of carboxylic acids is 1. The third-order valence-corrected chi connectivity index (χ3v) is 2.78. The van der Waals surface area contributed by atoms with Crippen molar-refractivity contribution >= 4 is 18.0 Å². The average Bonchev–Trinajstić information content (AvgIpc) is 2.43. The lowest BCUT2D eigenvalue weighted by Crippen LogP contribution is -2.35. The lowest BCUT2D eigenvalue weighted by molar-refractivity contribution is -0.137. The van der Waals surface area contributed by atoms with Crippen LogP contribution < -0.4 is 5.32 Å². The van der Waals surface area contributed by atoms with Crippen LogP contribution in [0.1, 0.15) is 49.2 Å². The Morgan fingerprint density at radius 2 is 1.91 bits per heavy atom. The van der Waals surface area contributed by atoms with E-state index in [-0.39, 0.29) is 12.0 Å². The van der Waals surface area contributed by atoms with Gasteiger partial charge in [-0.2, -0.15) is 0 Å². The highest BCUT2D eigenvalue weighted by molar-refractivity contribution is 5.89. The number of hydrogen-bond donors (Lipinski definition) is 2. The molecule has 0 aliphatic carbocycles. The van der Waals surface area contributed by atoms with Gasteiger partial charge in [-0.3, -0.25) is 4.79 Å². The van der Waals surface area contributed by atoms with E-state index in [1.165, 1.54) is 13.2 Å². The van der Waals surface area contributed by atoms with Crippen molar-refractivity contribution in [3.63, 3.8) is 0 Å². The Morgan fingerprint density at radius 1 is 1.26 bits per heavy atom. The van der Waals surface area contributed by atoms with Crippen LogP contribution in [0.5, 0.6) is 0 Å². The number of carbonyl (C=O) groups is 3. The molecule has 23 heavy (non-hydrogen) atoms. The topological polar surface area (TPSA) is 102 Å². The van der Waals surface area contributed by atoms with Gasteiger partial charge in [-0.05, 0) is 38.5 Å². The molecular formula is C16H21NO6. The zero-order valence-corrected chi connectivity index (χ0v) is 13.6. The first-order chi connectivity index (χ1) is 10.6. The van der Waals surface area contributed by atoms with Gasteiger partial charge in [-0.1, -0.05) is 12.1 Å². The molecule has 7 nitrogen and oxygen atoms in total. The number of methoxy groups -OCH3 is 1. The van der Waals surface area contributed by atoms with E-state index >= 15 is 0 Å². The number of carboxylic acid groups (broad SMARTS) is 1. The second kappa shape index (κ2) is 7.62. The van der Waals surface area contributed by atoms with Crippen molar-refractivity contribution in [2.75, 3.05) is 7.11 Å². The fourth-order valence-electron chi connectivity index (χ4n) is 1.88. The number of aliphatic carboxylic acids is 1. The molecule has 7 heteroatoms. The summed E-state index contributed by atoms with van der Waals surface area (Å²) < 4.78 is 9.77. The van der Waals surface area contributed by atoms with Crippen molar-refractivity contribution in [3.8, 4) is 0 Å². The largest absolute Gasteiger partial charge is 0.481 e. The summed E-state index contributed by atoms with van der Waals surface area (Å²) in [5, 5.41) is 11.5. The van der Waals surface area contributed by atoms with E-state index in [1.54, 1.807) is 39.0 Å². The second-order valence-corrected chi connectivity index (χ2v) is 5.91. The van der Waals surface area contributed by atoms with Crippen molar-refractivity contribution in [2.24, 2.45) is 0 Å². The van der Waals surface area contributed by atoms with Crippen LogP contribution in [0, 0.1) is 0 Å². The highest BCUT2D eigenvalue weighted by Crippen LogP contribution is 2.20. The van der Waals surface area contributed by atoms with Crippen LogP contribution in [0.3, 0.4) is 0 Å². The molecule has 0 saturated heterocycles. The Morgan fingerprint density at radius 3 is 2.43 bits per heavy atom. The normalized spacial score (nSPS) is 12.2. The molecule has 1 atom stereocenters. The van der Waals surface area contributed by atoms with Crippen LogP contribution >= 0.6 is 0 Å². The molecule has 1 aromatic rings. The number of benzene rings is 1. The summed E-state index contributed by atoms with van der Waals surface area (Å²) >= 11 is 0. The Hall–Kier alpha value is -2.57. The molecule has 0 aliphatic rings. The number of carbonyl (C=O) groups excluding carboxylic acids is 2. The smallest absolute Gasteiger partial charge is 0.408 e. The van der Waals surface area contributed by atoms with Crippen LogP contribution in [-0.2, 0) is 14.3 Å². The Labute approximate surface area is 134 Å². The predicted octanol–water partition coefficient (Wildman–Crippen LogP) is 2.51. The fraction of sp³-hybridized carbons (Fsp3) is 0.438. The molecule has 1 rings (SSSR count). The number of amides is 1. The van der Waals surface area contributed by atoms with Crippen LogP contribution in [0.4, 0.5) is 4.79 Å². The van der Waals surface area contributed by atoms with Gasteiger partial charge < -0.3 is 19.9 Å². The lowest BCUT2D eigenvalue weighted by atomic mass is 10.0. The second-order valence-electron chi connectivity index (χ2n) is 5.91. The van der Waals surface area contributed by atoms with Crippen molar-refractivity contribution in [1.82, 2.24) is 5.32 Å². The third-order valence-electron chi connectivity index (χ3n) is 2.78. The van der Waals surface area contributed by atoms with E-state index in [2.05, 4.69) is 10.1 Å². The molecule has 0 heterocycles. The molecule has 0 aliphatic heterocycles. The van der Waals surface area contributed by atoms with Gasteiger partial charge in [-0.25, -0.2) is 9.59 Å². The van der Waals surface area contributed by atoms with E-state index in [9.17, 15) is 14.4 Å². The molecule has 2 N–H and O–H groups in total. The highest BCUT2D eigenvalue weighted by atomic mass is 16.6. The van der Waals surface area contributed by atoms with Crippen molar-refractivity contribution in [3.05, 3.63) is 35.4 Å². The Kier molecular flexibility index (Phi) is 6.12. The molecule has 126 valence electrons. The van der Waals surface area contributed by atoms with Crippen LogP contribution in [-0.4, -0.2) is 35.8 Å². The summed E-state index contributed by atoms with van der Waals surface area (Å²) in [7, 11) is 1.25. The molecule has 1 amide bonds. The summed E-state index contributed by atoms with van der Waals surface area (Å²) in [4.78, 5) is 34.5. The molecule has 0 spiro atoms. The van der Waals surface area contributed by atoms with E-state index in [0.29, 0.717) is 5.56 Å². The van der Waals surface area contributed by atoms with Gasteiger partial charge in [0.15, 0.2) is 0 Å². The summed E-state index contributed by atoms with van der Waals surface area (Å²) in [6, 6.07) is 5.41. The molecule has 1 aromatic carbocycles. The van der Waals surface area contributed by atoms with Gasteiger partial charge in [0, 0.05) is 0 Å². The van der Waals surface area contributed by atoms with Crippen molar-refractivity contribution in [2.45, 2.75) is 38.8 Å². The minimum absolute atomic E-state index is 0.270. The average molecular weight is 323 g/mol. The third kappa shape index (κ3) is 6.37. The molecule has 1 unspecified atom stereocenters. The molecule has 0 radical (unpaired) electrons. The van der Waals surface area contributed by atoms with Gasteiger partial charge in [0.05, 0.1) is 25.1 Å². The first kappa shape index (κ1) is 18.5. The van der Waals surface area contributed by atoms with Crippen LogP contribution in [0.2, 0.25) is 0 Å². The number of esters is 1. The molecule has 0 aromatic heterocycles. The standard InChI is InChI=1S/C16H21NO6/c1-16(2,3)23-15(21)17-12(9-13(18)19)10-6-5-7-11(8-10)14(20)22-4/h5-8,12H,9H2,1-4H3,(H,17,21)(H,18,19). The fourth-order valence-corrected chi connectivity index (χ4v) is 1.88. The number of ether oxygens (including phenoxy) is 2. The number of rotatable bonds is 5. The lowest BCUT2D eigenvalue weighted by Gasteiger charge is -2.23. The van der Waals surface area contributed by atoms with Crippen molar-refractivity contribution in [1.29, 1.82) is 0 Å². The van der Waals surface area contributed by atoms with Crippen LogP contribution in [0.15, 0.2) is 24.3 Å².